The highest BCUT2D eigenvalue weighted by Crippen LogP contribution is 2.30. The van der Waals surface area contributed by atoms with E-state index < -0.39 is 20.6 Å². The topological polar surface area (TPSA) is 60.4 Å². The summed E-state index contributed by atoms with van der Waals surface area (Å²) >= 11 is 0. The van der Waals surface area contributed by atoms with E-state index in [0.29, 0.717) is 0 Å². The van der Waals surface area contributed by atoms with Crippen molar-refractivity contribution >= 4 is 15.8 Å². The molecule has 1 unspecified atom stereocenters. The minimum absolute atomic E-state index is 0.0744. The number of carbonyl (C=O) groups excluding carboxylic acids is 1. The molecule has 4 nitrogen and oxygen atoms in total. The number of hydrogen-bond acceptors (Lipinski definition) is 4. The van der Waals surface area contributed by atoms with E-state index in [4.69, 9.17) is 4.74 Å². The maximum atomic E-state index is 12.9. The van der Waals surface area contributed by atoms with Crippen molar-refractivity contribution in [3.8, 4) is 0 Å². The van der Waals surface area contributed by atoms with Gasteiger partial charge in [-0.2, -0.15) is 0 Å². The molecule has 0 saturated carbocycles. The summed E-state index contributed by atoms with van der Waals surface area (Å²) in [5, 5.41) is 0. The van der Waals surface area contributed by atoms with Crippen LogP contribution in [0.5, 0.6) is 0 Å². The normalized spacial score (nSPS) is 14.3. The summed E-state index contributed by atoms with van der Waals surface area (Å²) in [6.45, 7) is 5.07. The molecular weight excluding hydrogens is 312 g/mol. The average Bonchev–Trinajstić information content (AvgIpc) is 2.57. The second kappa shape index (κ2) is 8.67. The number of carbonyl (C=O) groups is 1. The molecule has 0 amide bonds. The van der Waals surface area contributed by atoms with Crippen molar-refractivity contribution in [3.05, 3.63) is 55.1 Å². The molecule has 23 heavy (non-hydrogen) atoms. The maximum Gasteiger partial charge on any atom is 0.327 e. The first-order chi connectivity index (χ1) is 10.9. The standard InChI is InChI=1S/C18H24O4S/c1-4-5-6-7-8-12-15-18(2,17(19)22-3)23(20,21)16-13-10-9-11-14-16/h4,8-14H,1,5-7,15H2,2-3H3. The number of allylic oxidation sites excluding steroid dienone is 3. The summed E-state index contributed by atoms with van der Waals surface area (Å²) in [5.74, 6) is -0.753. The number of hydrogen-bond donors (Lipinski definition) is 0. The van der Waals surface area contributed by atoms with Gasteiger partial charge in [0.1, 0.15) is 0 Å². The fraction of sp³-hybridized carbons (Fsp3) is 0.389. The van der Waals surface area contributed by atoms with E-state index in [0.717, 1.165) is 19.3 Å². The third-order valence-electron chi connectivity index (χ3n) is 3.72. The number of rotatable bonds is 9. The first-order valence-electron chi connectivity index (χ1n) is 7.54. The molecular formula is C18H24O4S. The lowest BCUT2D eigenvalue weighted by Crippen LogP contribution is -2.44. The summed E-state index contributed by atoms with van der Waals surface area (Å²) in [6.07, 6.45) is 8.21. The third-order valence-corrected chi connectivity index (χ3v) is 6.13. The van der Waals surface area contributed by atoms with E-state index in [2.05, 4.69) is 6.58 Å². The molecule has 1 aromatic rings. The molecule has 0 saturated heterocycles. The number of ether oxygens (including phenoxy) is 1. The summed E-state index contributed by atoms with van der Waals surface area (Å²) in [7, 11) is -2.65. The lowest BCUT2D eigenvalue weighted by Gasteiger charge is -2.25. The minimum atomic E-state index is -3.85. The number of sulfone groups is 1. The molecule has 0 heterocycles. The van der Waals surface area contributed by atoms with Crippen LogP contribution in [0.3, 0.4) is 0 Å². The summed E-state index contributed by atoms with van der Waals surface area (Å²) in [6, 6.07) is 7.98. The number of benzene rings is 1. The van der Waals surface area contributed by atoms with Crippen LogP contribution in [0.15, 0.2) is 60.0 Å². The Morgan fingerprint density at radius 2 is 1.87 bits per heavy atom. The highest BCUT2D eigenvalue weighted by molar-refractivity contribution is 7.93. The van der Waals surface area contributed by atoms with Crippen LogP contribution in [0.2, 0.25) is 0 Å². The predicted molar refractivity (Wildman–Crippen MR) is 91.9 cm³/mol. The molecule has 5 heteroatoms. The van der Waals surface area contributed by atoms with Gasteiger partial charge in [0.25, 0.3) is 0 Å². The zero-order valence-electron chi connectivity index (χ0n) is 13.7. The maximum absolute atomic E-state index is 12.9. The Bertz CT molecular complexity index is 647. The second-order valence-corrected chi connectivity index (χ2v) is 7.81. The number of methoxy groups -OCH3 is 1. The summed E-state index contributed by atoms with van der Waals surface area (Å²) < 4.78 is 28.9. The highest BCUT2D eigenvalue weighted by atomic mass is 32.2. The molecule has 0 aliphatic rings. The monoisotopic (exact) mass is 336 g/mol. The zero-order valence-corrected chi connectivity index (χ0v) is 14.5. The Balaban J connectivity index is 3.03. The van der Waals surface area contributed by atoms with Crippen molar-refractivity contribution in [1.29, 1.82) is 0 Å². The molecule has 0 aliphatic heterocycles. The molecule has 0 radical (unpaired) electrons. The van der Waals surface area contributed by atoms with Crippen molar-refractivity contribution in [2.45, 2.75) is 42.2 Å². The molecule has 0 aliphatic carbocycles. The van der Waals surface area contributed by atoms with Gasteiger partial charge in [-0.3, -0.25) is 4.79 Å². The highest BCUT2D eigenvalue weighted by Gasteiger charge is 2.47. The Labute approximate surface area is 138 Å². The molecule has 1 aromatic carbocycles. The molecule has 1 rings (SSSR count). The van der Waals surface area contributed by atoms with Crippen molar-refractivity contribution in [2.75, 3.05) is 7.11 Å². The van der Waals surface area contributed by atoms with Crippen LogP contribution in [0.4, 0.5) is 0 Å². The Hall–Kier alpha value is -1.88. The number of unbranched alkanes of at least 4 members (excludes halogenated alkanes) is 2. The zero-order chi connectivity index (χ0) is 17.3. The van der Waals surface area contributed by atoms with Crippen LogP contribution in [0.1, 0.15) is 32.6 Å². The van der Waals surface area contributed by atoms with Gasteiger partial charge >= 0.3 is 5.97 Å². The second-order valence-electron chi connectivity index (χ2n) is 5.43. The fourth-order valence-corrected chi connectivity index (χ4v) is 3.84. The van der Waals surface area contributed by atoms with Crippen LogP contribution in [-0.4, -0.2) is 26.2 Å². The molecule has 0 spiro atoms. The van der Waals surface area contributed by atoms with E-state index in [-0.39, 0.29) is 11.3 Å². The van der Waals surface area contributed by atoms with Crippen molar-refractivity contribution in [1.82, 2.24) is 0 Å². The van der Waals surface area contributed by atoms with Gasteiger partial charge in [0.05, 0.1) is 12.0 Å². The van der Waals surface area contributed by atoms with Gasteiger partial charge in [0.15, 0.2) is 14.6 Å². The van der Waals surface area contributed by atoms with Crippen LogP contribution < -0.4 is 0 Å². The van der Waals surface area contributed by atoms with Gasteiger partial charge in [0.2, 0.25) is 0 Å². The van der Waals surface area contributed by atoms with E-state index >= 15 is 0 Å². The summed E-state index contributed by atoms with van der Waals surface area (Å²) in [5.41, 5.74) is 0. The quantitative estimate of drug-likeness (QED) is 0.392. The molecule has 0 aromatic heterocycles. The van der Waals surface area contributed by atoms with Gasteiger partial charge in [-0.15, -0.1) is 6.58 Å². The predicted octanol–water partition coefficient (Wildman–Crippen LogP) is 3.69. The molecule has 0 N–H and O–H groups in total. The van der Waals surface area contributed by atoms with Crippen LogP contribution in [-0.2, 0) is 19.4 Å². The summed E-state index contributed by atoms with van der Waals surface area (Å²) in [4.78, 5) is 12.3. The van der Waals surface area contributed by atoms with Crippen LogP contribution in [0, 0.1) is 0 Å². The molecule has 0 bridgehead atoms. The van der Waals surface area contributed by atoms with Gasteiger partial charge in [-0.25, -0.2) is 8.42 Å². The van der Waals surface area contributed by atoms with Crippen LogP contribution in [0.25, 0.3) is 0 Å². The first kappa shape index (κ1) is 19.2. The SMILES string of the molecule is C=CCCCC=CCC(C)(C(=O)OC)S(=O)(=O)c1ccccc1. The van der Waals surface area contributed by atoms with E-state index in [9.17, 15) is 13.2 Å². The first-order valence-corrected chi connectivity index (χ1v) is 9.02. The van der Waals surface area contributed by atoms with E-state index in [1.54, 1.807) is 24.3 Å². The van der Waals surface area contributed by atoms with Gasteiger partial charge < -0.3 is 4.74 Å². The average molecular weight is 336 g/mol. The largest absolute Gasteiger partial charge is 0.468 e. The molecule has 1 atom stereocenters. The van der Waals surface area contributed by atoms with E-state index in [1.165, 1.54) is 26.2 Å². The lowest BCUT2D eigenvalue weighted by atomic mass is 10.1. The van der Waals surface area contributed by atoms with Gasteiger partial charge in [0, 0.05) is 0 Å². The van der Waals surface area contributed by atoms with Gasteiger partial charge in [-0.1, -0.05) is 36.4 Å². The Morgan fingerprint density at radius 1 is 1.22 bits per heavy atom. The fourth-order valence-electron chi connectivity index (χ4n) is 2.18. The Kier molecular flexibility index (Phi) is 7.23. The van der Waals surface area contributed by atoms with Gasteiger partial charge in [-0.05, 0) is 44.7 Å². The van der Waals surface area contributed by atoms with Crippen molar-refractivity contribution < 1.29 is 17.9 Å². The Morgan fingerprint density at radius 3 is 2.43 bits per heavy atom. The number of esters is 1. The smallest absolute Gasteiger partial charge is 0.327 e. The van der Waals surface area contributed by atoms with Crippen molar-refractivity contribution in [2.24, 2.45) is 0 Å². The minimum Gasteiger partial charge on any atom is -0.468 e. The van der Waals surface area contributed by atoms with Crippen molar-refractivity contribution in [3.63, 3.8) is 0 Å². The lowest BCUT2D eigenvalue weighted by molar-refractivity contribution is -0.143. The third kappa shape index (κ3) is 4.55. The molecule has 126 valence electrons. The van der Waals surface area contributed by atoms with E-state index in [1.807, 2.05) is 12.2 Å². The van der Waals surface area contributed by atoms with Crippen LogP contribution >= 0.6 is 0 Å². The molecule has 0 fully saturated rings.